The molecule has 5 nitrogen and oxygen atoms in total. The summed E-state index contributed by atoms with van der Waals surface area (Å²) >= 11 is 0. The molecule has 1 atom stereocenters. The first-order valence-electron chi connectivity index (χ1n) is 6.21. The summed E-state index contributed by atoms with van der Waals surface area (Å²) in [6.07, 6.45) is 0.421. The molecule has 1 aliphatic rings. The van der Waals surface area contributed by atoms with E-state index in [0.717, 1.165) is 11.1 Å². The van der Waals surface area contributed by atoms with Gasteiger partial charge in [0.1, 0.15) is 0 Å². The van der Waals surface area contributed by atoms with E-state index in [-0.39, 0.29) is 17.4 Å². The molecular weight excluding hydrogens is 264 g/mol. The van der Waals surface area contributed by atoms with E-state index in [1.165, 1.54) is 0 Å². The molecule has 1 aliphatic heterocycles. The first-order chi connectivity index (χ1) is 8.89. The van der Waals surface area contributed by atoms with Gasteiger partial charge in [0.15, 0.2) is 9.84 Å². The number of nitrogens with one attached hydrogen (secondary N) is 1. The van der Waals surface area contributed by atoms with Gasteiger partial charge in [-0.1, -0.05) is 12.1 Å². The minimum atomic E-state index is -3.02. The second-order valence-electron chi connectivity index (χ2n) is 4.95. The predicted molar refractivity (Wildman–Crippen MR) is 74.2 cm³/mol. The molecule has 0 bridgehead atoms. The summed E-state index contributed by atoms with van der Waals surface area (Å²) in [5.41, 5.74) is 8.38. The Morgan fingerprint density at radius 3 is 2.84 bits per heavy atom. The van der Waals surface area contributed by atoms with Gasteiger partial charge in [-0.2, -0.15) is 0 Å². The lowest BCUT2D eigenvalue weighted by molar-refractivity contribution is -0.124. The van der Waals surface area contributed by atoms with E-state index in [4.69, 9.17) is 5.73 Å². The molecule has 1 aromatic carbocycles. The van der Waals surface area contributed by atoms with Crippen molar-refractivity contribution in [3.05, 3.63) is 29.3 Å². The van der Waals surface area contributed by atoms with Crippen molar-refractivity contribution in [3.63, 3.8) is 0 Å². The molecule has 0 spiro atoms. The normalized spacial score (nSPS) is 21.2. The van der Waals surface area contributed by atoms with Gasteiger partial charge in [0, 0.05) is 12.2 Å². The van der Waals surface area contributed by atoms with Crippen molar-refractivity contribution >= 4 is 21.4 Å². The molecule has 0 saturated carbocycles. The van der Waals surface area contributed by atoms with Gasteiger partial charge >= 0.3 is 0 Å². The quantitative estimate of drug-likeness (QED) is 0.796. The zero-order chi connectivity index (χ0) is 14.0. The Morgan fingerprint density at radius 2 is 2.21 bits per heavy atom. The Labute approximate surface area is 113 Å². The SMILES string of the molecule is Cc1c(N)cccc1CNC(=O)C1CCS(=O)(=O)C1. The van der Waals surface area contributed by atoms with E-state index in [9.17, 15) is 13.2 Å². The molecule has 19 heavy (non-hydrogen) atoms. The van der Waals surface area contributed by atoms with E-state index in [1.807, 2.05) is 25.1 Å². The Morgan fingerprint density at radius 1 is 1.47 bits per heavy atom. The third-order valence-corrected chi connectivity index (χ3v) is 5.31. The average Bonchev–Trinajstić information content (AvgIpc) is 2.71. The zero-order valence-electron chi connectivity index (χ0n) is 10.8. The monoisotopic (exact) mass is 282 g/mol. The molecule has 1 unspecified atom stereocenters. The smallest absolute Gasteiger partial charge is 0.224 e. The molecule has 6 heteroatoms. The highest BCUT2D eigenvalue weighted by atomic mass is 32.2. The lowest BCUT2D eigenvalue weighted by Crippen LogP contribution is -2.31. The van der Waals surface area contributed by atoms with Crippen molar-refractivity contribution in [2.45, 2.75) is 19.9 Å². The van der Waals surface area contributed by atoms with E-state index in [2.05, 4.69) is 5.32 Å². The van der Waals surface area contributed by atoms with Crippen LogP contribution in [0.2, 0.25) is 0 Å². The van der Waals surface area contributed by atoms with Gasteiger partial charge in [-0.15, -0.1) is 0 Å². The number of sulfone groups is 1. The third kappa shape index (κ3) is 3.26. The van der Waals surface area contributed by atoms with Gasteiger partial charge in [0.25, 0.3) is 0 Å². The van der Waals surface area contributed by atoms with Crippen LogP contribution in [0.25, 0.3) is 0 Å². The van der Waals surface area contributed by atoms with E-state index < -0.39 is 15.8 Å². The minimum Gasteiger partial charge on any atom is -0.399 e. The second-order valence-corrected chi connectivity index (χ2v) is 7.18. The van der Waals surface area contributed by atoms with Crippen molar-refractivity contribution in [3.8, 4) is 0 Å². The first-order valence-corrected chi connectivity index (χ1v) is 8.03. The largest absolute Gasteiger partial charge is 0.399 e. The van der Waals surface area contributed by atoms with Crippen LogP contribution in [-0.4, -0.2) is 25.8 Å². The third-order valence-electron chi connectivity index (χ3n) is 3.54. The highest BCUT2D eigenvalue weighted by Gasteiger charge is 2.32. The summed E-state index contributed by atoms with van der Waals surface area (Å²) in [6.45, 7) is 2.28. The minimum absolute atomic E-state index is 0.0330. The number of benzene rings is 1. The maximum atomic E-state index is 11.9. The molecule has 0 aromatic heterocycles. The number of nitrogen functional groups attached to an aromatic ring is 1. The molecule has 1 aromatic rings. The van der Waals surface area contributed by atoms with E-state index in [0.29, 0.717) is 18.7 Å². The highest BCUT2D eigenvalue weighted by Crippen LogP contribution is 2.19. The van der Waals surface area contributed by atoms with Crippen LogP contribution in [0.1, 0.15) is 17.5 Å². The van der Waals surface area contributed by atoms with Gasteiger partial charge < -0.3 is 11.1 Å². The van der Waals surface area contributed by atoms with Crippen molar-refractivity contribution < 1.29 is 13.2 Å². The first kappa shape index (κ1) is 13.9. The second kappa shape index (κ2) is 5.21. The van der Waals surface area contributed by atoms with Gasteiger partial charge in [0.2, 0.25) is 5.91 Å². The number of amides is 1. The number of hydrogen-bond acceptors (Lipinski definition) is 4. The fourth-order valence-electron chi connectivity index (χ4n) is 2.22. The van der Waals surface area contributed by atoms with Gasteiger partial charge in [-0.3, -0.25) is 4.79 Å². The summed E-state index contributed by atoms with van der Waals surface area (Å²) in [5.74, 6) is -0.522. The fraction of sp³-hybridized carbons (Fsp3) is 0.462. The lowest BCUT2D eigenvalue weighted by atomic mass is 10.1. The Kier molecular flexibility index (Phi) is 3.80. The maximum absolute atomic E-state index is 11.9. The molecule has 0 radical (unpaired) electrons. The van der Waals surface area contributed by atoms with Crippen LogP contribution in [0.3, 0.4) is 0 Å². The molecule has 104 valence electrons. The summed E-state index contributed by atoms with van der Waals surface area (Å²) < 4.78 is 22.6. The molecular formula is C13H18N2O3S. The van der Waals surface area contributed by atoms with Gasteiger partial charge in [-0.05, 0) is 30.5 Å². The van der Waals surface area contributed by atoms with Crippen molar-refractivity contribution in [1.29, 1.82) is 0 Å². The van der Waals surface area contributed by atoms with Crippen molar-refractivity contribution in [1.82, 2.24) is 5.32 Å². The van der Waals surface area contributed by atoms with Crippen LogP contribution in [0.15, 0.2) is 18.2 Å². The number of carbonyl (C=O) groups excluding carboxylic acids is 1. The standard InChI is InChI=1S/C13H18N2O3S/c1-9-10(3-2-4-12(9)14)7-15-13(16)11-5-6-19(17,18)8-11/h2-4,11H,5-8,14H2,1H3,(H,15,16). The number of nitrogens with two attached hydrogens (primary N) is 1. The maximum Gasteiger partial charge on any atom is 0.224 e. The Balaban J connectivity index is 1.96. The van der Waals surface area contributed by atoms with Gasteiger partial charge in [-0.25, -0.2) is 8.42 Å². The number of carbonyl (C=O) groups is 1. The number of rotatable bonds is 3. The Hall–Kier alpha value is -1.56. The topological polar surface area (TPSA) is 89.3 Å². The van der Waals surface area contributed by atoms with E-state index >= 15 is 0 Å². The fourth-order valence-corrected chi connectivity index (χ4v) is 3.96. The molecule has 2 rings (SSSR count). The van der Waals surface area contributed by atoms with Gasteiger partial charge in [0.05, 0.1) is 17.4 Å². The molecule has 0 aliphatic carbocycles. The van der Waals surface area contributed by atoms with E-state index in [1.54, 1.807) is 0 Å². The molecule has 1 saturated heterocycles. The molecule has 1 amide bonds. The summed E-state index contributed by atoms with van der Waals surface area (Å²) in [6, 6.07) is 5.55. The summed E-state index contributed by atoms with van der Waals surface area (Å²) in [7, 11) is -3.02. The van der Waals surface area contributed by atoms with Crippen molar-refractivity contribution in [2.24, 2.45) is 5.92 Å². The van der Waals surface area contributed by atoms with Crippen LogP contribution in [0.5, 0.6) is 0 Å². The van der Waals surface area contributed by atoms with Crippen LogP contribution in [0, 0.1) is 12.8 Å². The zero-order valence-corrected chi connectivity index (χ0v) is 11.7. The highest BCUT2D eigenvalue weighted by molar-refractivity contribution is 7.91. The molecule has 1 fully saturated rings. The van der Waals surface area contributed by atoms with Crippen LogP contribution < -0.4 is 11.1 Å². The summed E-state index contributed by atoms with van der Waals surface area (Å²) in [4.78, 5) is 11.9. The lowest BCUT2D eigenvalue weighted by Gasteiger charge is -2.12. The van der Waals surface area contributed by atoms with Crippen LogP contribution >= 0.6 is 0 Å². The van der Waals surface area contributed by atoms with Crippen LogP contribution in [-0.2, 0) is 21.2 Å². The molecule has 1 heterocycles. The molecule has 3 N–H and O–H groups in total. The number of anilines is 1. The summed E-state index contributed by atoms with van der Waals surface area (Å²) in [5, 5.41) is 2.79. The Bertz CT molecular complexity index is 596. The number of hydrogen-bond donors (Lipinski definition) is 2. The van der Waals surface area contributed by atoms with Crippen molar-refractivity contribution in [2.75, 3.05) is 17.2 Å². The van der Waals surface area contributed by atoms with Crippen LogP contribution in [0.4, 0.5) is 5.69 Å². The average molecular weight is 282 g/mol. The predicted octanol–water partition coefficient (Wildman–Crippen LogP) is 0.628.